The van der Waals surface area contributed by atoms with E-state index < -0.39 is 53.8 Å². The second-order valence-electron chi connectivity index (χ2n) is 8.13. The van der Waals surface area contributed by atoms with Crippen LogP contribution in [0.4, 0.5) is 0 Å². The van der Waals surface area contributed by atoms with E-state index >= 15 is 0 Å². The molecule has 0 fully saturated rings. The molecule has 0 aromatic heterocycles. The van der Waals surface area contributed by atoms with Gasteiger partial charge in [-0.15, -0.1) is 0 Å². The van der Waals surface area contributed by atoms with Crippen molar-refractivity contribution >= 4 is 41.6 Å². The number of nitrogens with two attached hydrogens (primary N) is 5. The molecule has 0 rings (SSSR count). The molecule has 210 valence electrons. The maximum Gasteiger partial charge on any atom is 0.325 e. The van der Waals surface area contributed by atoms with Crippen molar-refractivity contribution in [1.29, 1.82) is 0 Å². The van der Waals surface area contributed by atoms with Gasteiger partial charge in [-0.3, -0.25) is 34.0 Å². The highest BCUT2D eigenvalue weighted by molar-refractivity contribution is 5.94. The summed E-state index contributed by atoms with van der Waals surface area (Å²) in [6.07, 6.45) is 0.112. The Balaban J connectivity index is 5.57. The van der Waals surface area contributed by atoms with Crippen LogP contribution in [0.3, 0.4) is 0 Å². The number of nitrogens with zero attached hydrogens (tertiary/aromatic N) is 2. The third kappa shape index (κ3) is 15.5. The van der Waals surface area contributed by atoms with Gasteiger partial charge in [0.25, 0.3) is 0 Å². The van der Waals surface area contributed by atoms with E-state index in [4.69, 9.17) is 38.9 Å². The summed E-state index contributed by atoms with van der Waals surface area (Å²) in [7, 11) is 0. The maximum atomic E-state index is 13.1. The zero-order chi connectivity index (χ0) is 28.5. The van der Waals surface area contributed by atoms with Crippen LogP contribution in [0.15, 0.2) is 9.98 Å². The van der Waals surface area contributed by atoms with Crippen molar-refractivity contribution in [3.8, 4) is 0 Å². The number of nitrogens with one attached hydrogen (secondary N) is 3. The number of hydrogen-bond acceptors (Lipinski definition) is 8. The standard InChI is InChI=1S/C20H38N10O7/c1-10(18(36)37)28-16(34)12(4-2-8-26-19(22)23)30-17(35)13(5-3-9-27-20(24)25)29-15(33)11(21)6-7-14(31)32/h10-13H,2-9,21H2,1H3,(H,28,34)(H,29,33)(H,30,35)(H,31,32)(H,36,37)(H4,22,23,26)(H4,24,25,27). The molecule has 0 radical (unpaired) electrons. The van der Waals surface area contributed by atoms with Crippen LogP contribution >= 0.6 is 0 Å². The molecule has 17 nitrogen and oxygen atoms in total. The van der Waals surface area contributed by atoms with E-state index in [-0.39, 0.29) is 63.5 Å². The van der Waals surface area contributed by atoms with Crippen LogP contribution in [0.1, 0.15) is 45.4 Å². The van der Waals surface area contributed by atoms with Gasteiger partial charge in [-0.25, -0.2) is 0 Å². The average molecular weight is 531 g/mol. The van der Waals surface area contributed by atoms with Gasteiger partial charge in [-0.2, -0.15) is 0 Å². The van der Waals surface area contributed by atoms with Crippen LogP contribution in [0.5, 0.6) is 0 Å². The van der Waals surface area contributed by atoms with Gasteiger partial charge in [-0.1, -0.05) is 0 Å². The van der Waals surface area contributed by atoms with Crippen LogP contribution in [0, 0.1) is 0 Å². The fraction of sp³-hybridized carbons (Fsp3) is 0.650. The molecule has 15 N–H and O–H groups in total. The maximum absolute atomic E-state index is 13.1. The Labute approximate surface area is 213 Å². The molecule has 0 spiro atoms. The number of hydrogen-bond donors (Lipinski definition) is 10. The number of amides is 3. The van der Waals surface area contributed by atoms with Gasteiger partial charge in [0.2, 0.25) is 17.7 Å². The Bertz CT molecular complexity index is 856. The van der Waals surface area contributed by atoms with Crippen molar-refractivity contribution < 1.29 is 34.2 Å². The molecule has 3 amide bonds. The van der Waals surface area contributed by atoms with Crippen molar-refractivity contribution in [2.75, 3.05) is 13.1 Å². The molecule has 0 heterocycles. The predicted octanol–water partition coefficient (Wildman–Crippen LogP) is -4.16. The van der Waals surface area contributed by atoms with Gasteiger partial charge < -0.3 is 54.8 Å². The molecule has 17 heteroatoms. The summed E-state index contributed by atoms with van der Waals surface area (Å²) in [4.78, 5) is 67.7. The van der Waals surface area contributed by atoms with E-state index in [1.165, 1.54) is 6.92 Å². The lowest BCUT2D eigenvalue weighted by molar-refractivity contribution is -0.142. The summed E-state index contributed by atoms with van der Waals surface area (Å²) in [6, 6.07) is -4.78. The third-order valence-corrected chi connectivity index (χ3v) is 4.89. The summed E-state index contributed by atoms with van der Waals surface area (Å²) >= 11 is 0. The molecule has 0 aromatic rings. The minimum atomic E-state index is -1.28. The van der Waals surface area contributed by atoms with E-state index in [9.17, 15) is 24.0 Å². The molecule has 0 saturated carbocycles. The first kappa shape index (κ1) is 32.8. The fourth-order valence-corrected chi connectivity index (χ4v) is 2.88. The van der Waals surface area contributed by atoms with E-state index in [1.807, 2.05) is 0 Å². The molecule has 4 atom stereocenters. The van der Waals surface area contributed by atoms with E-state index in [1.54, 1.807) is 0 Å². The Hall–Kier alpha value is -4.15. The average Bonchev–Trinajstić information content (AvgIpc) is 2.80. The highest BCUT2D eigenvalue weighted by atomic mass is 16.4. The predicted molar refractivity (Wildman–Crippen MR) is 134 cm³/mol. The first-order valence-corrected chi connectivity index (χ1v) is 11.5. The van der Waals surface area contributed by atoms with Gasteiger partial charge in [0.1, 0.15) is 18.1 Å². The number of aliphatic imine (C=N–C) groups is 2. The third-order valence-electron chi connectivity index (χ3n) is 4.89. The lowest BCUT2D eigenvalue weighted by atomic mass is 10.1. The number of carbonyl (C=O) groups is 5. The summed E-state index contributed by atoms with van der Waals surface area (Å²) in [5.74, 6) is -5.03. The highest BCUT2D eigenvalue weighted by Crippen LogP contribution is 2.05. The summed E-state index contributed by atoms with van der Waals surface area (Å²) in [5, 5.41) is 25.1. The lowest BCUT2D eigenvalue weighted by Gasteiger charge is -2.24. The highest BCUT2D eigenvalue weighted by Gasteiger charge is 2.29. The molecule has 4 unspecified atom stereocenters. The number of carbonyl (C=O) groups excluding carboxylic acids is 3. The summed E-state index contributed by atoms with van der Waals surface area (Å²) < 4.78 is 0. The van der Waals surface area contributed by atoms with Crippen LogP contribution < -0.4 is 44.6 Å². The van der Waals surface area contributed by atoms with E-state index in [0.717, 1.165) is 0 Å². The SMILES string of the molecule is CC(NC(=O)C(CCCN=C(N)N)NC(=O)C(CCCN=C(N)N)NC(=O)C(N)CCC(=O)O)C(=O)O. The molecular formula is C20H38N10O7. The number of carboxylic acids is 2. The summed E-state index contributed by atoms with van der Waals surface area (Å²) in [5.41, 5.74) is 26.9. The molecule has 0 bridgehead atoms. The molecular weight excluding hydrogens is 492 g/mol. The largest absolute Gasteiger partial charge is 0.481 e. The second-order valence-corrected chi connectivity index (χ2v) is 8.13. The van der Waals surface area contributed by atoms with E-state index in [0.29, 0.717) is 0 Å². The monoisotopic (exact) mass is 530 g/mol. The van der Waals surface area contributed by atoms with Crippen LogP contribution in [0.2, 0.25) is 0 Å². The number of carboxylic acid groups (broad SMARTS) is 2. The molecule has 37 heavy (non-hydrogen) atoms. The first-order valence-electron chi connectivity index (χ1n) is 11.5. The molecule has 0 aromatic carbocycles. The van der Waals surface area contributed by atoms with Gasteiger partial charge in [0, 0.05) is 19.5 Å². The van der Waals surface area contributed by atoms with Gasteiger partial charge in [0.05, 0.1) is 6.04 Å². The molecule has 0 saturated heterocycles. The Morgan fingerprint density at radius 3 is 1.57 bits per heavy atom. The van der Waals surface area contributed by atoms with E-state index in [2.05, 4.69) is 25.9 Å². The zero-order valence-corrected chi connectivity index (χ0v) is 20.7. The lowest BCUT2D eigenvalue weighted by Crippen LogP contribution is -2.56. The smallest absolute Gasteiger partial charge is 0.325 e. The van der Waals surface area contributed by atoms with Crippen LogP contribution in [-0.2, 0) is 24.0 Å². The first-order chi connectivity index (χ1) is 17.2. The van der Waals surface area contributed by atoms with Crippen molar-refractivity contribution in [3.05, 3.63) is 0 Å². The number of guanidine groups is 2. The second kappa shape index (κ2) is 17.3. The Kier molecular flexibility index (Phi) is 15.4. The van der Waals surface area contributed by atoms with Crippen molar-refractivity contribution in [3.63, 3.8) is 0 Å². The summed E-state index contributed by atoms with van der Waals surface area (Å²) in [6.45, 7) is 1.54. The fourth-order valence-electron chi connectivity index (χ4n) is 2.88. The molecule has 0 aliphatic carbocycles. The number of rotatable bonds is 18. The minimum Gasteiger partial charge on any atom is -0.481 e. The van der Waals surface area contributed by atoms with Crippen LogP contribution in [0.25, 0.3) is 0 Å². The molecule has 0 aliphatic rings. The van der Waals surface area contributed by atoms with Crippen LogP contribution in [-0.4, -0.2) is 89.0 Å². The topological polar surface area (TPSA) is 317 Å². The normalized spacial score (nSPS) is 13.7. The van der Waals surface area contributed by atoms with Crippen molar-refractivity contribution in [2.45, 2.75) is 69.6 Å². The Morgan fingerprint density at radius 1 is 0.730 bits per heavy atom. The minimum absolute atomic E-state index is 0.0491. The van der Waals surface area contributed by atoms with Gasteiger partial charge >= 0.3 is 11.9 Å². The van der Waals surface area contributed by atoms with Crippen molar-refractivity contribution in [2.24, 2.45) is 38.7 Å². The quantitative estimate of drug-likeness (QED) is 0.0458. The Morgan fingerprint density at radius 2 is 1.16 bits per heavy atom. The number of aliphatic carboxylic acids is 2. The van der Waals surface area contributed by atoms with Gasteiger partial charge in [-0.05, 0) is 39.0 Å². The molecule has 0 aliphatic heterocycles. The van der Waals surface area contributed by atoms with Gasteiger partial charge in [0.15, 0.2) is 11.9 Å². The zero-order valence-electron chi connectivity index (χ0n) is 20.7. The van der Waals surface area contributed by atoms with Crippen molar-refractivity contribution in [1.82, 2.24) is 16.0 Å².